The monoisotopic (exact) mass is 311 g/mol. The van der Waals surface area contributed by atoms with E-state index in [2.05, 4.69) is 10.3 Å². The van der Waals surface area contributed by atoms with E-state index in [1.165, 1.54) is 16.7 Å². The van der Waals surface area contributed by atoms with Crippen molar-refractivity contribution in [3.63, 3.8) is 0 Å². The summed E-state index contributed by atoms with van der Waals surface area (Å²) in [6.07, 6.45) is 0.166. The lowest BCUT2D eigenvalue weighted by Gasteiger charge is -2.28. The predicted octanol–water partition coefficient (Wildman–Crippen LogP) is 2.23. The minimum absolute atomic E-state index is 0.111. The van der Waals surface area contributed by atoms with Gasteiger partial charge in [-0.2, -0.15) is 0 Å². The van der Waals surface area contributed by atoms with Crippen LogP contribution in [0.5, 0.6) is 0 Å². The Bertz CT molecular complexity index is 559. The first kappa shape index (κ1) is 14.9. The first-order valence-electron chi connectivity index (χ1n) is 5.97. The second kappa shape index (κ2) is 6.28. The molecule has 1 aliphatic rings. The van der Waals surface area contributed by atoms with Crippen LogP contribution in [0, 0.1) is 0 Å². The van der Waals surface area contributed by atoms with E-state index in [4.69, 9.17) is 11.6 Å². The predicted molar refractivity (Wildman–Crippen MR) is 82.2 cm³/mol. The van der Waals surface area contributed by atoms with Gasteiger partial charge in [0.25, 0.3) is 0 Å². The highest BCUT2D eigenvalue weighted by atomic mass is 35.5. The molecule has 1 atom stereocenters. The Morgan fingerprint density at radius 2 is 2.10 bits per heavy atom. The van der Waals surface area contributed by atoms with Crippen molar-refractivity contribution in [3.8, 4) is 0 Å². The minimum Gasteiger partial charge on any atom is -0.325 e. The maximum Gasteiger partial charge on any atom is 0.238 e. The van der Waals surface area contributed by atoms with Gasteiger partial charge in [0, 0.05) is 31.2 Å². The lowest BCUT2D eigenvalue weighted by atomic mass is 10.2. The second-order valence-corrected chi connectivity index (χ2v) is 5.87. The topological polar surface area (TPSA) is 61.8 Å². The molecule has 1 fully saturated rings. The molecule has 20 heavy (non-hydrogen) atoms. The standard InChI is InChI=1S/C13H14ClN3O2S/c1-15-13-17(2)11(18)7-10(20-13)12(19)16-9-5-3-8(14)4-6-9/h3-6,10H,7H2,1-2H3,(H,16,19). The van der Waals surface area contributed by atoms with Crippen molar-refractivity contribution in [1.29, 1.82) is 0 Å². The fraction of sp³-hybridized carbons (Fsp3) is 0.308. The quantitative estimate of drug-likeness (QED) is 0.911. The van der Waals surface area contributed by atoms with Crippen LogP contribution in [0.4, 0.5) is 5.69 Å². The molecule has 1 unspecified atom stereocenters. The highest BCUT2D eigenvalue weighted by Crippen LogP contribution is 2.26. The number of carbonyl (C=O) groups is 2. The van der Waals surface area contributed by atoms with Crippen LogP contribution >= 0.6 is 23.4 Å². The van der Waals surface area contributed by atoms with Gasteiger partial charge in [-0.3, -0.25) is 19.5 Å². The molecule has 1 heterocycles. The Morgan fingerprint density at radius 1 is 1.45 bits per heavy atom. The normalized spacial score (nSPS) is 21.1. The maximum atomic E-state index is 12.2. The number of carbonyl (C=O) groups excluding carboxylic acids is 2. The van der Waals surface area contributed by atoms with Crippen LogP contribution in [0.15, 0.2) is 29.3 Å². The zero-order chi connectivity index (χ0) is 14.7. The largest absolute Gasteiger partial charge is 0.325 e. The van der Waals surface area contributed by atoms with Crippen molar-refractivity contribution in [2.75, 3.05) is 19.4 Å². The third-order valence-electron chi connectivity index (χ3n) is 2.86. The number of amides is 2. The van der Waals surface area contributed by atoms with Crippen LogP contribution < -0.4 is 5.32 Å². The highest BCUT2D eigenvalue weighted by molar-refractivity contribution is 8.15. The molecular weight excluding hydrogens is 298 g/mol. The van der Waals surface area contributed by atoms with Crippen molar-refractivity contribution in [2.45, 2.75) is 11.7 Å². The van der Waals surface area contributed by atoms with Gasteiger partial charge in [-0.05, 0) is 24.3 Å². The van der Waals surface area contributed by atoms with Crippen LogP contribution in [0.3, 0.4) is 0 Å². The Kier molecular flexibility index (Phi) is 4.67. The summed E-state index contributed by atoms with van der Waals surface area (Å²) in [5.41, 5.74) is 0.654. The molecule has 2 rings (SSSR count). The van der Waals surface area contributed by atoms with Crippen molar-refractivity contribution < 1.29 is 9.59 Å². The van der Waals surface area contributed by atoms with Gasteiger partial charge in [0.05, 0.1) is 0 Å². The number of nitrogens with zero attached hydrogens (tertiary/aromatic N) is 2. The SMILES string of the molecule is CN=C1SC(C(=O)Nc2ccc(Cl)cc2)CC(=O)N1C. The van der Waals surface area contributed by atoms with Crippen LogP contribution in [0.2, 0.25) is 5.02 Å². The van der Waals surface area contributed by atoms with Crippen LogP contribution in [-0.4, -0.2) is 41.2 Å². The van der Waals surface area contributed by atoms with Gasteiger partial charge in [0.1, 0.15) is 5.25 Å². The summed E-state index contributed by atoms with van der Waals surface area (Å²) in [6, 6.07) is 6.83. The number of thioether (sulfide) groups is 1. The average Bonchev–Trinajstić information content (AvgIpc) is 2.44. The Balaban J connectivity index is 2.06. The third kappa shape index (κ3) is 3.32. The molecule has 0 spiro atoms. The van der Waals surface area contributed by atoms with E-state index in [-0.39, 0.29) is 18.2 Å². The smallest absolute Gasteiger partial charge is 0.238 e. The van der Waals surface area contributed by atoms with Crippen LogP contribution in [0.1, 0.15) is 6.42 Å². The van der Waals surface area contributed by atoms with Gasteiger partial charge in [-0.15, -0.1) is 0 Å². The Hall–Kier alpha value is -1.53. The molecule has 0 aromatic heterocycles. The number of anilines is 1. The number of rotatable bonds is 2. The summed E-state index contributed by atoms with van der Waals surface area (Å²) in [4.78, 5) is 29.5. The molecule has 0 saturated carbocycles. The Labute approximate surface area is 126 Å². The van der Waals surface area contributed by atoms with E-state index in [0.717, 1.165) is 0 Å². The molecule has 1 saturated heterocycles. The van der Waals surface area contributed by atoms with Gasteiger partial charge >= 0.3 is 0 Å². The molecule has 2 amide bonds. The number of hydrogen-bond donors (Lipinski definition) is 1. The van der Waals surface area contributed by atoms with Crippen LogP contribution in [-0.2, 0) is 9.59 Å². The van der Waals surface area contributed by atoms with Gasteiger partial charge in [-0.1, -0.05) is 23.4 Å². The fourth-order valence-corrected chi connectivity index (χ4v) is 2.89. The number of halogens is 1. The lowest BCUT2D eigenvalue weighted by molar-refractivity contribution is -0.128. The van der Waals surface area contributed by atoms with E-state index in [0.29, 0.717) is 15.9 Å². The van der Waals surface area contributed by atoms with Crippen molar-refractivity contribution in [1.82, 2.24) is 4.90 Å². The summed E-state index contributed by atoms with van der Waals surface area (Å²) in [6.45, 7) is 0. The summed E-state index contributed by atoms with van der Waals surface area (Å²) in [5, 5.41) is 3.47. The van der Waals surface area contributed by atoms with Gasteiger partial charge in [-0.25, -0.2) is 0 Å². The van der Waals surface area contributed by atoms with Gasteiger partial charge < -0.3 is 5.32 Å². The number of nitrogens with one attached hydrogen (secondary N) is 1. The number of hydrogen-bond acceptors (Lipinski definition) is 4. The molecule has 5 nitrogen and oxygen atoms in total. The summed E-state index contributed by atoms with van der Waals surface area (Å²) < 4.78 is 0. The highest BCUT2D eigenvalue weighted by Gasteiger charge is 2.33. The first-order chi connectivity index (χ1) is 9.51. The molecule has 1 aromatic rings. The van der Waals surface area contributed by atoms with Gasteiger partial charge in [0.2, 0.25) is 11.8 Å². The van der Waals surface area contributed by atoms with E-state index in [1.807, 2.05) is 0 Å². The van der Waals surface area contributed by atoms with Gasteiger partial charge in [0.15, 0.2) is 5.17 Å². The fourth-order valence-electron chi connectivity index (χ4n) is 1.76. The molecule has 0 radical (unpaired) electrons. The minimum atomic E-state index is -0.465. The molecular formula is C13H14ClN3O2S. The summed E-state index contributed by atoms with van der Waals surface area (Å²) in [5.74, 6) is -0.319. The molecule has 0 aliphatic carbocycles. The van der Waals surface area contributed by atoms with E-state index >= 15 is 0 Å². The first-order valence-corrected chi connectivity index (χ1v) is 7.23. The molecule has 106 valence electrons. The molecule has 7 heteroatoms. The van der Waals surface area contributed by atoms with Crippen molar-refractivity contribution >= 4 is 46.0 Å². The van der Waals surface area contributed by atoms with E-state index < -0.39 is 5.25 Å². The molecule has 1 aromatic carbocycles. The molecule has 1 aliphatic heterocycles. The average molecular weight is 312 g/mol. The van der Waals surface area contributed by atoms with Crippen molar-refractivity contribution in [3.05, 3.63) is 29.3 Å². The zero-order valence-corrected chi connectivity index (χ0v) is 12.7. The molecule has 0 bridgehead atoms. The number of benzene rings is 1. The number of aliphatic imine (C=N–C) groups is 1. The van der Waals surface area contributed by atoms with Crippen LogP contribution in [0.25, 0.3) is 0 Å². The van der Waals surface area contributed by atoms with E-state index in [1.54, 1.807) is 38.4 Å². The second-order valence-electron chi connectivity index (χ2n) is 4.27. The number of amidine groups is 1. The maximum absolute atomic E-state index is 12.2. The van der Waals surface area contributed by atoms with E-state index in [9.17, 15) is 9.59 Å². The van der Waals surface area contributed by atoms with Crippen molar-refractivity contribution in [2.24, 2.45) is 4.99 Å². The zero-order valence-electron chi connectivity index (χ0n) is 11.1. The summed E-state index contributed by atoms with van der Waals surface area (Å²) >= 11 is 7.08. The summed E-state index contributed by atoms with van der Waals surface area (Å²) in [7, 11) is 3.26. The Morgan fingerprint density at radius 3 is 2.70 bits per heavy atom. The lowest BCUT2D eigenvalue weighted by Crippen LogP contribution is -2.43. The molecule has 1 N–H and O–H groups in total. The third-order valence-corrected chi connectivity index (χ3v) is 4.45.